The van der Waals surface area contributed by atoms with Crippen molar-refractivity contribution >= 4 is 11.0 Å². The van der Waals surface area contributed by atoms with Crippen LogP contribution in [0.2, 0.25) is 0 Å². The van der Waals surface area contributed by atoms with E-state index in [0.717, 1.165) is 4.57 Å². The Morgan fingerprint density at radius 3 is 2.25 bits per heavy atom. The SMILES string of the molecule is CCCn1c(=O)n(C[C@H](O)C(F)(F)F)c2ccccc21. The first-order valence-corrected chi connectivity index (χ1v) is 6.29. The number of nitrogens with zero attached hydrogens (tertiary/aromatic N) is 2. The lowest BCUT2D eigenvalue weighted by Gasteiger charge is -2.14. The first-order chi connectivity index (χ1) is 9.36. The topological polar surface area (TPSA) is 47.2 Å². The molecular weight excluding hydrogens is 273 g/mol. The van der Waals surface area contributed by atoms with Crippen molar-refractivity contribution in [2.75, 3.05) is 0 Å². The molecule has 0 fully saturated rings. The number of hydrogen-bond donors (Lipinski definition) is 1. The highest BCUT2D eigenvalue weighted by Crippen LogP contribution is 2.22. The first-order valence-electron chi connectivity index (χ1n) is 6.29. The van der Waals surface area contributed by atoms with Gasteiger partial charge in [-0.05, 0) is 18.6 Å². The van der Waals surface area contributed by atoms with Gasteiger partial charge in [-0.15, -0.1) is 0 Å². The van der Waals surface area contributed by atoms with Crippen molar-refractivity contribution < 1.29 is 18.3 Å². The van der Waals surface area contributed by atoms with Crippen molar-refractivity contribution in [1.82, 2.24) is 9.13 Å². The summed E-state index contributed by atoms with van der Waals surface area (Å²) in [7, 11) is 0. The highest BCUT2D eigenvalue weighted by Gasteiger charge is 2.39. The van der Waals surface area contributed by atoms with Gasteiger partial charge in [-0.25, -0.2) is 4.79 Å². The predicted octanol–water partition coefficient (Wildman–Crippen LogP) is 2.14. The van der Waals surface area contributed by atoms with Gasteiger partial charge in [0.05, 0.1) is 17.6 Å². The third-order valence-electron chi connectivity index (χ3n) is 3.11. The van der Waals surface area contributed by atoms with Crippen LogP contribution in [-0.4, -0.2) is 26.5 Å². The second-order valence-electron chi connectivity index (χ2n) is 4.59. The van der Waals surface area contributed by atoms with Gasteiger partial charge in [-0.3, -0.25) is 9.13 Å². The average Bonchev–Trinajstić information content (AvgIpc) is 2.64. The van der Waals surface area contributed by atoms with E-state index >= 15 is 0 Å². The molecular formula is C13H15F3N2O2. The number of benzene rings is 1. The lowest BCUT2D eigenvalue weighted by Crippen LogP contribution is -2.36. The number of aromatic nitrogens is 2. The van der Waals surface area contributed by atoms with Gasteiger partial charge in [0, 0.05) is 6.54 Å². The Balaban J connectivity index is 2.53. The molecule has 0 saturated heterocycles. The summed E-state index contributed by atoms with van der Waals surface area (Å²) in [5.74, 6) is 0. The Bertz CT molecular complexity index is 658. The van der Waals surface area contributed by atoms with Crippen LogP contribution in [0, 0.1) is 0 Å². The molecule has 1 aromatic carbocycles. The normalized spacial score (nSPS) is 13.8. The number of para-hydroxylation sites is 2. The zero-order valence-electron chi connectivity index (χ0n) is 10.9. The van der Waals surface area contributed by atoms with Gasteiger partial charge in [0.25, 0.3) is 0 Å². The van der Waals surface area contributed by atoms with E-state index in [-0.39, 0.29) is 0 Å². The minimum absolute atomic E-state index is 0.397. The maximum atomic E-state index is 12.4. The standard InChI is InChI=1S/C13H15F3N2O2/c1-2-7-17-9-5-3-4-6-10(9)18(12(17)20)8-11(19)13(14,15)16/h3-6,11,19H,2,7-8H2,1H3/t11-/m0/s1. The fourth-order valence-electron chi connectivity index (χ4n) is 2.17. The predicted molar refractivity (Wildman–Crippen MR) is 68.6 cm³/mol. The van der Waals surface area contributed by atoms with Gasteiger partial charge in [0.15, 0.2) is 6.10 Å². The number of alkyl halides is 3. The fraction of sp³-hybridized carbons (Fsp3) is 0.462. The number of hydrogen-bond acceptors (Lipinski definition) is 2. The largest absolute Gasteiger partial charge is 0.416 e. The van der Waals surface area contributed by atoms with Crippen molar-refractivity contribution in [2.45, 2.75) is 38.7 Å². The monoisotopic (exact) mass is 288 g/mol. The maximum Gasteiger partial charge on any atom is 0.416 e. The summed E-state index contributed by atoms with van der Waals surface area (Å²) in [6.07, 6.45) is -6.61. The van der Waals surface area contributed by atoms with Gasteiger partial charge in [0.1, 0.15) is 0 Å². The Hall–Kier alpha value is -1.76. The van der Waals surface area contributed by atoms with Crippen LogP contribution >= 0.6 is 0 Å². The van der Waals surface area contributed by atoms with E-state index in [1.165, 1.54) is 4.57 Å². The number of imidazole rings is 1. The molecule has 4 nitrogen and oxygen atoms in total. The van der Waals surface area contributed by atoms with Gasteiger partial charge in [-0.2, -0.15) is 13.2 Å². The third kappa shape index (κ3) is 2.58. The highest BCUT2D eigenvalue weighted by atomic mass is 19.4. The molecule has 2 aromatic rings. The van der Waals surface area contributed by atoms with Gasteiger partial charge >= 0.3 is 11.9 Å². The van der Waals surface area contributed by atoms with Crippen LogP contribution < -0.4 is 5.69 Å². The second-order valence-corrected chi connectivity index (χ2v) is 4.59. The van der Waals surface area contributed by atoms with Crippen molar-refractivity contribution in [3.63, 3.8) is 0 Å². The Morgan fingerprint density at radius 2 is 1.75 bits per heavy atom. The molecule has 1 atom stereocenters. The Kier molecular flexibility index (Phi) is 3.89. The summed E-state index contributed by atoms with van der Waals surface area (Å²) >= 11 is 0. The smallest absolute Gasteiger partial charge is 0.382 e. The van der Waals surface area contributed by atoms with E-state index in [2.05, 4.69) is 0 Å². The lowest BCUT2D eigenvalue weighted by molar-refractivity contribution is -0.207. The minimum atomic E-state index is -4.74. The molecule has 0 unspecified atom stereocenters. The van der Waals surface area contributed by atoms with Crippen molar-refractivity contribution in [1.29, 1.82) is 0 Å². The summed E-state index contributed by atoms with van der Waals surface area (Å²) in [6, 6.07) is 6.63. The highest BCUT2D eigenvalue weighted by molar-refractivity contribution is 5.75. The number of aryl methyl sites for hydroxylation is 1. The molecule has 1 N–H and O–H groups in total. The minimum Gasteiger partial charge on any atom is -0.382 e. The first kappa shape index (κ1) is 14.6. The van der Waals surface area contributed by atoms with E-state index < -0.39 is 24.5 Å². The summed E-state index contributed by atoms with van der Waals surface area (Å²) in [5, 5.41) is 9.17. The van der Waals surface area contributed by atoms with Crippen LogP contribution in [0.4, 0.5) is 13.2 Å². The van der Waals surface area contributed by atoms with Gasteiger partial charge < -0.3 is 5.11 Å². The molecule has 0 aliphatic carbocycles. The number of halogens is 3. The quantitative estimate of drug-likeness (QED) is 0.937. The van der Waals surface area contributed by atoms with E-state index in [9.17, 15) is 18.0 Å². The van der Waals surface area contributed by atoms with Crippen LogP contribution in [0.1, 0.15) is 13.3 Å². The molecule has 7 heteroatoms. The van der Waals surface area contributed by atoms with Crippen LogP contribution in [0.5, 0.6) is 0 Å². The average molecular weight is 288 g/mol. The fourth-order valence-corrected chi connectivity index (χ4v) is 2.17. The van der Waals surface area contributed by atoms with Gasteiger partial charge in [-0.1, -0.05) is 19.1 Å². The molecule has 0 amide bonds. The molecule has 0 saturated carbocycles. The third-order valence-corrected chi connectivity index (χ3v) is 3.11. The summed E-state index contributed by atoms with van der Waals surface area (Å²) in [5.41, 5.74) is 0.444. The van der Waals surface area contributed by atoms with E-state index in [1.807, 2.05) is 6.92 Å². The number of aliphatic hydroxyl groups is 1. The molecule has 0 aliphatic heterocycles. The zero-order chi connectivity index (χ0) is 14.9. The molecule has 110 valence electrons. The molecule has 2 rings (SSSR count). The van der Waals surface area contributed by atoms with E-state index in [4.69, 9.17) is 5.11 Å². The lowest BCUT2D eigenvalue weighted by atomic mass is 10.3. The molecule has 1 heterocycles. The zero-order valence-corrected chi connectivity index (χ0v) is 10.9. The van der Waals surface area contributed by atoms with Crippen molar-refractivity contribution in [2.24, 2.45) is 0 Å². The van der Waals surface area contributed by atoms with E-state index in [0.29, 0.717) is 24.0 Å². The van der Waals surface area contributed by atoms with E-state index in [1.54, 1.807) is 24.3 Å². The van der Waals surface area contributed by atoms with Crippen LogP contribution in [0.25, 0.3) is 11.0 Å². The molecule has 0 aliphatic rings. The van der Waals surface area contributed by atoms with Gasteiger partial charge in [0.2, 0.25) is 0 Å². The Labute approximate surface area is 113 Å². The summed E-state index contributed by atoms with van der Waals surface area (Å²) in [4.78, 5) is 12.2. The second kappa shape index (κ2) is 5.32. The summed E-state index contributed by atoms with van der Waals surface area (Å²) < 4.78 is 39.8. The molecule has 1 aromatic heterocycles. The molecule has 0 spiro atoms. The maximum absolute atomic E-state index is 12.4. The molecule has 20 heavy (non-hydrogen) atoms. The summed E-state index contributed by atoms with van der Waals surface area (Å²) in [6.45, 7) is 1.51. The Morgan fingerprint density at radius 1 is 1.20 bits per heavy atom. The number of fused-ring (bicyclic) bond motifs is 1. The van der Waals surface area contributed by atoms with Crippen LogP contribution in [0.15, 0.2) is 29.1 Å². The molecule has 0 radical (unpaired) electrons. The van der Waals surface area contributed by atoms with Crippen LogP contribution in [0.3, 0.4) is 0 Å². The molecule has 0 bridgehead atoms. The van der Waals surface area contributed by atoms with Crippen LogP contribution in [-0.2, 0) is 13.1 Å². The van der Waals surface area contributed by atoms with Crippen molar-refractivity contribution in [3.8, 4) is 0 Å². The number of aliphatic hydroxyl groups excluding tert-OH is 1. The van der Waals surface area contributed by atoms with Crippen molar-refractivity contribution in [3.05, 3.63) is 34.7 Å². The number of rotatable bonds is 4.